The summed E-state index contributed by atoms with van der Waals surface area (Å²) in [5.41, 5.74) is 0. The minimum atomic E-state index is 0.337. The molecule has 0 saturated heterocycles. The summed E-state index contributed by atoms with van der Waals surface area (Å²) in [7, 11) is 4.12. The molecule has 0 spiro atoms. The predicted octanol–water partition coefficient (Wildman–Crippen LogP) is 2.23. The Morgan fingerprint density at radius 3 is 2.88 bits per heavy atom. The van der Waals surface area contributed by atoms with E-state index >= 15 is 0 Å². The number of hydrogen-bond donors (Lipinski definition) is 1. The quantitative estimate of drug-likeness (QED) is 0.789. The minimum absolute atomic E-state index is 0.337. The van der Waals surface area contributed by atoms with E-state index in [-0.39, 0.29) is 0 Å². The molecule has 0 radical (unpaired) electrons. The number of rotatable bonds is 7. The second-order valence-electron chi connectivity index (χ2n) is 4.51. The molecule has 96 valence electrons. The molecule has 0 saturated carbocycles. The summed E-state index contributed by atoms with van der Waals surface area (Å²) in [5, 5.41) is 3.37. The average molecular weight is 237 g/mol. The first-order valence-corrected chi connectivity index (χ1v) is 6.12. The van der Waals surface area contributed by atoms with Gasteiger partial charge in [0.2, 0.25) is 0 Å². The van der Waals surface area contributed by atoms with Crippen LogP contribution in [0.15, 0.2) is 18.3 Å². The SMILES string of the molecule is CCCOc1cccnc1NC(C)CN(C)C. The Balaban J connectivity index is 2.62. The van der Waals surface area contributed by atoms with Gasteiger partial charge in [0.25, 0.3) is 0 Å². The molecule has 0 aliphatic heterocycles. The second-order valence-corrected chi connectivity index (χ2v) is 4.51. The first kappa shape index (κ1) is 13.8. The average Bonchev–Trinajstić information content (AvgIpc) is 2.26. The molecule has 0 aliphatic carbocycles. The van der Waals surface area contributed by atoms with Crippen molar-refractivity contribution >= 4 is 5.82 Å². The van der Waals surface area contributed by atoms with Gasteiger partial charge in [-0.05, 0) is 39.6 Å². The summed E-state index contributed by atoms with van der Waals surface area (Å²) in [5.74, 6) is 1.66. The Bertz CT molecular complexity index is 328. The molecule has 0 amide bonds. The molecule has 1 heterocycles. The van der Waals surface area contributed by atoms with E-state index in [4.69, 9.17) is 4.74 Å². The molecular formula is C13H23N3O. The lowest BCUT2D eigenvalue weighted by Crippen LogP contribution is -2.30. The molecule has 17 heavy (non-hydrogen) atoms. The van der Waals surface area contributed by atoms with Gasteiger partial charge in [0.15, 0.2) is 11.6 Å². The maximum absolute atomic E-state index is 5.65. The molecule has 4 nitrogen and oxygen atoms in total. The Hall–Kier alpha value is -1.29. The van der Waals surface area contributed by atoms with Crippen molar-refractivity contribution in [2.45, 2.75) is 26.3 Å². The van der Waals surface area contributed by atoms with Crippen LogP contribution in [0.2, 0.25) is 0 Å². The van der Waals surface area contributed by atoms with Crippen LogP contribution in [0.1, 0.15) is 20.3 Å². The highest BCUT2D eigenvalue weighted by Crippen LogP contribution is 2.21. The summed E-state index contributed by atoms with van der Waals surface area (Å²) >= 11 is 0. The van der Waals surface area contributed by atoms with Crippen molar-refractivity contribution in [3.05, 3.63) is 18.3 Å². The monoisotopic (exact) mass is 237 g/mol. The summed E-state index contributed by atoms with van der Waals surface area (Å²) in [4.78, 5) is 6.47. The fraction of sp³-hybridized carbons (Fsp3) is 0.615. The first-order chi connectivity index (χ1) is 8.13. The van der Waals surface area contributed by atoms with Gasteiger partial charge in [-0.1, -0.05) is 6.92 Å². The van der Waals surface area contributed by atoms with Crippen LogP contribution in [0.25, 0.3) is 0 Å². The first-order valence-electron chi connectivity index (χ1n) is 6.12. The predicted molar refractivity (Wildman–Crippen MR) is 71.7 cm³/mol. The molecule has 1 aromatic heterocycles. The number of ether oxygens (including phenoxy) is 1. The van der Waals surface area contributed by atoms with Crippen LogP contribution < -0.4 is 10.1 Å². The molecule has 1 aromatic rings. The smallest absolute Gasteiger partial charge is 0.169 e. The maximum Gasteiger partial charge on any atom is 0.169 e. The lowest BCUT2D eigenvalue weighted by molar-refractivity contribution is 0.317. The zero-order chi connectivity index (χ0) is 12.7. The van der Waals surface area contributed by atoms with Crippen molar-refractivity contribution < 1.29 is 4.74 Å². The highest BCUT2D eigenvalue weighted by molar-refractivity contribution is 5.50. The molecule has 1 N–H and O–H groups in total. The molecule has 1 rings (SSSR count). The van der Waals surface area contributed by atoms with E-state index in [1.54, 1.807) is 6.20 Å². The van der Waals surface area contributed by atoms with Crippen LogP contribution >= 0.6 is 0 Å². The van der Waals surface area contributed by atoms with Crippen molar-refractivity contribution in [1.29, 1.82) is 0 Å². The summed E-state index contributed by atoms with van der Waals surface area (Å²) < 4.78 is 5.65. The highest BCUT2D eigenvalue weighted by Gasteiger charge is 2.08. The third-order valence-corrected chi connectivity index (χ3v) is 2.25. The van der Waals surface area contributed by atoms with Gasteiger partial charge < -0.3 is 15.0 Å². The highest BCUT2D eigenvalue weighted by atomic mass is 16.5. The number of nitrogens with one attached hydrogen (secondary N) is 1. The lowest BCUT2D eigenvalue weighted by Gasteiger charge is -2.20. The van der Waals surface area contributed by atoms with E-state index in [0.29, 0.717) is 6.04 Å². The molecular weight excluding hydrogens is 214 g/mol. The van der Waals surface area contributed by atoms with Crippen LogP contribution in [-0.2, 0) is 0 Å². The Morgan fingerprint density at radius 1 is 1.47 bits per heavy atom. The van der Waals surface area contributed by atoms with Crippen molar-refractivity contribution in [2.24, 2.45) is 0 Å². The van der Waals surface area contributed by atoms with Gasteiger partial charge in [-0.2, -0.15) is 0 Å². The van der Waals surface area contributed by atoms with Gasteiger partial charge in [0.05, 0.1) is 6.61 Å². The Kier molecular flexibility index (Phi) is 5.77. The largest absolute Gasteiger partial charge is 0.490 e. The topological polar surface area (TPSA) is 37.4 Å². The van der Waals surface area contributed by atoms with Crippen molar-refractivity contribution in [2.75, 3.05) is 32.6 Å². The molecule has 0 fully saturated rings. The zero-order valence-corrected chi connectivity index (χ0v) is 11.2. The molecule has 1 unspecified atom stereocenters. The van der Waals surface area contributed by atoms with Gasteiger partial charge in [-0.15, -0.1) is 0 Å². The number of hydrogen-bond acceptors (Lipinski definition) is 4. The summed E-state index contributed by atoms with van der Waals surface area (Å²) in [6.45, 7) is 5.92. The third-order valence-electron chi connectivity index (χ3n) is 2.25. The van der Waals surface area contributed by atoms with E-state index in [0.717, 1.165) is 31.1 Å². The van der Waals surface area contributed by atoms with E-state index in [2.05, 4.69) is 43.1 Å². The summed E-state index contributed by atoms with van der Waals surface area (Å²) in [6, 6.07) is 4.18. The summed E-state index contributed by atoms with van der Waals surface area (Å²) in [6.07, 6.45) is 2.78. The second kappa shape index (κ2) is 7.12. The standard InChI is InChI=1S/C13H23N3O/c1-5-9-17-12-7-6-8-14-13(12)15-11(2)10-16(3)4/h6-8,11H,5,9-10H2,1-4H3,(H,14,15). The van der Waals surface area contributed by atoms with Gasteiger partial charge in [0.1, 0.15) is 0 Å². The third kappa shape index (κ3) is 5.04. The molecule has 4 heteroatoms. The Labute approximate surface area is 104 Å². The number of nitrogens with zero attached hydrogens (tertiary/aromatic N) is 2. The van der Waals surface area contributed by atoms with Crippen LogP contribution in [-0.4, -0.2) is 43.2 Å². The number of anilines is 1. The van der Waals surface area contributed by atoms with Crippen molar-refractivity contribution in [3.8, 4) is 5.75 Å². The van der Waals surface area contributed by atoms with Crippen LogP contribution in [0.5, 0.6) is 5.75 Å². The number of aromatic nitrogens is 1. The normalized spacial score (nSPS) is 12.5. The Morgan fingerprint density at radius 2 is 2.24 bits per heavy atom. The van der Waals surface area contributed by atoms with Gasteiger partial charge in [-0.25, -0.2) is 4.98 Å². The molecule has 0 aromatic carbocycles. The molecule has 0 aliphatic rings. The van der Waals surface area contributed by atoms with E-state index in [1.807, 2.05) is 12.1 Å². The van der Waals surface area contributed by atoms with Crippen molar-refractivity contribution in [3.63, 3.8) is 0 Å². The van der Waals surface area contributed by atoms with Crippen LogP contribution in [0.3, 0.4) is 0 Å². The van der Waals surface area contributed by atoms with Gasteiger partial charge >= 0.3 is 0 Å². The van der Waals surface area contributed by atoms with Gasteiger partial charge in [0, 0.05) is 18.8 Å². The lowest BCUT2D eigenvalue weighted by atomic mass is 10.3. The zero-order valence-electron chi connectivity index (χ0n) is 11.2. The fourth-order valence-corrected chi connectivity index (χ4v) is 1.65. The maximum atomic E-state index is 5.65. The van der Waals surface area contributed by atoms with E-state index in [9.17, 15) is 0 Å². The van der Waals surface area contributed by atoms with E-state index < -0.39 is 0 Å². The van der Waals surface area contributed by atoms with Crippen molar-refractivity contribution in [1.82, 2.24) is 9.88 Å². The number of pyridine rings is 1. The minimum Gasteiger partial charge on any atom is -0.490 e. The molecule has 0 bridgehead atoms. The number of likely N-dealkylation sites (N-methyl/N-ethyl adjacent to an activating group) is 1. The van der Waals surface area contributed by atoms with Gasteiger partial charge in [-0.3, -0.25) is 0 Å². The van der Waals surface area contributed by atoms with Crippen LogP contribution in [0.4, 0.5) is 5.82 Å². The van der Waals surface area contributed by atoms with E-state index in [1.165, 1.54) is 0 Å². The fourth-order valence-electron chi connectivity index (χ4n) is 1.65. The molecule has 1 atom stereocenters. The van der Waals surface area contributed by atoms with Crippen LogP contribution in [0, 0.1) is 0 Å².